The fraction of sp³-hybridized carbons (Fsp3) is 0.167. The predicted octanol–water partition coefficient (Wildman–Crippen LogP) is 2.40. The van der Waals surface area contributed by atoms with Crippen LogP contribution in [0.1, 0.15) is 21.6 Å². The van der Waals surface area contributed by atoms with Crippen molar-refractivity contribution < 1.29 is 22.7 Å². The van der Waals surface area contributed by atoms with Crippen LogP contribution in [0.25, 0.3) is 0 Å². The van der Waals surface area contributed by atoms with Gasteiger partial charge in [0.15, 0.2) is 0 Å². The summed E-state index contributed by atoms with van der Waals surface area (Å²) in [5, 5.41) is 9.00. The van der Waals surface area contributed by atoms with Gasteiger partial charge in [-0.05, 0) is 49.1 Å². The van der Waals surface area contributed by atoms with Gasteiger partial charge >= 0.3 is 5.97 Å². The molecule has 0 fully saturated rings. The van der Waals surface area contributed by atoms with E-state index in [4.69, 9.17) is 5.11 Å². The average Bonchev–Trinajstić information content (AvgIpc) is 2.68. The van der Waals surface area contributed by atoms with Crippen LogP contribution in [0.15, 0.2) is 23.1 Å². The summed E-state index contributed by atoms with van der Waals surface area (Å²) < 4.78 is 43.6. The molecular formula is C12H11FN2O4S2. The molecule has 1 aromatic heterocycles. The van der Waals surface area contributed by atoms with Gasteiger partial charge in [0.25, 0.3) is 10.0 Å². The zero-order valence-corrected chi connectivity index (χ0v) is 12.7. The highest BCUT2D eigenvalue weighted by Crippen LogP contribution is 2.28. The number of nitrogens with zero attached hydrogens (tertiary/aromatic N) is 1. The Hall–Kier alpha value is -2.00. The Bertz CT molecular complexity index is 815. The molecule has 2 aromatic rings. The average molecular weight is 330 g/mol. The van der Waals surface area contributed by atoms with Crippen molar-refractivity contribution in [3.63, 3.8) is 0 Å². The third-order valence-corrected chi connectivity index (χ3v) is 5.22. The molecule has 0 saturated carbocycles. The van der Waals surface area contributed by atoms with E-state index in [0.717, 1.165) is 29.7 Å². The second-order valence-electron chi connectivity index (χ2n) is 4.29. The minimum atomic E-state index is -4.01. The molecule has 0 spiro atoms. The monoisotopic (exact) mass is 330 g/mol. The highest BCUT2D eigenvalue weighted by Gasteiger charge is 2.24. The number of aromatic nitrogens is 1. The molecule has 6 nitrogen and oxygen atoms in total. The van der Waals surface area contributed by atoms with Crippen LogP contribution >= 0.6 is 11.5 Å². The summed E-state index contributed by atoms with van der Waals surface area (Å²) in [6.45, 7) is 2.93. The van der Waals surface area contributed by atoms with E-state index in [2.05, 4.69) is 9.10 Å². The van der Waals surface area contributed by atoms with E-state index < -0.39 is 21.8 Å². The first-order chi connectivity index (χ1) is 9.72. The van der Waals surface area contributed by atoms with Crippen LogP contribution in [-0.4, -0.2) is 23.9 Å². The van der Waals surface area contributed by atoms with E-state index in [-0.39, 0.29) is 26.7 Å². The molecule has 2 N–H and O–H groups in total. The van der Waals surface area contributed by atoms with Crippen LogP contribution < -0.4 is 4.72 Å². The van der Waals surface area contributed by atoms with E-state index in [0.29, 0.717) is 0 Å². The van der Waals surface area contributed by atoms with Crippen LogP contribution in [0.3, 0.4) is 0 Å². The predicted molar refractivity (Wildman–Crippen MR) is 75.8 cm³/mol. The fourth-order valence-electron chi connectivity index (χ4n) is 1.78. The van der Waals surface area contributed by atoms with Gasteiger partial charge in [-0.3, -0.25) is 4.72 Å². The smallest absolute Gasteiger partial charge is 0.340 e. The molecule has 0 unspecified atom stereocenters. The molecule has 0 aliphatic carbocycles. The molecule has 0 amide bonds. The molecule has 21 heavy (non-hydrogen) atoms. The highest BCUT2D eigenvalue weighted by molar-refractivity contribution is 7.93. The molecule has 1 heterocycles. The summed E-state index contributed by atoms with van der Waals surface area (Å²) in [5.41, 5.74) is 0.255. The minimum Gasteiger partial charge on any atom is -0.478 e. The number of carboxylic acid groups (broad SMARTS) is 1. The summed E-state index contributed by atoms with van der Waals surface area (Å²) in [6.07, 6.45) is 0. The fourth-order valence-corrected chi connectivity index (χ4v) is 4.09. The molecule has 0 radical (unpaired) electrons. The van der Waals surface area contributed by atoms with Crippen LogP contribution in [0.5, 0.6) is 0 Å². The van der Waals surface area contributed by atoms with Crippen molar-refractivity contribution in [1.29, 1.82) is 0 Å². The largest absolute Gasteiger partial charge is 0.478 e. The zero-order valence-electron chi connectivity index (χ0n) is 11.0. The van der Waals surface area contributed by atoms with Crippen LogP contribution in [0, 0.1) is 19.7 Å². The normalized spacial score (nSPS) is 11.4. The first-order valence-corrected chi connectivity index (χ1v) is 7.96. The Morgan fingerprint density at radius 1 is 1.38 bits per heavy atom. The Labute approximate surface area is 124 Å². The van der Waals surface area contributed by atoms with Gasteiger partial charge in [-0.25, -0.2) is 17.6 Å². The van der Waals surface area contributed by atoms with Gasteiger partial charge < -0.3 is 5.11 Å². The number of hydrogen-bond acceptors (Lipinski definition) is 5. The lowest BCUT2D eigenvalue weighted by Crippen LogP contribution is -2.15. The summed E-state index contributed by atoms with van der Waals surface area (Å²) >= 11 is 0.740. The van der Waals surface area contributed by atoms with Crippen molar-refractivity contribution in [1.82, 2.24) is 4.37 Å². The van der Waals surface area contributed by atoms with Gasteiger partial charge in [-0.2, -0.15) is 4.37 Å². The number of benzene rings is 1. The van der Waals surface area contributed by atoms with E-state index in [1.807, 2.05) is 0 Å². The van der Waals surface area contributed by atoms with Crippen molar-refractivity contribution in [3.05, 3.63) is 40.8 Å². The SMILES string of the molecule is Cc1cc(F)ccc1S(=O)(=O)Nc1snc(C)c1C(=O)O. The summed E-state index contributed by atoms with van der Waals surface area (Å²) in [7, 11) is -4.01. The van der Waals surface area contributed by atoms with Crippen molar-refractivity contribution in [2.24, 2.45) is 0 Å². The van der Waals surface area contributed by atoms with E-state index >= 15 is 0 Å². The first-order valence-electron chi connectivity index (χ1n) is 5.71. The van der Waals surface area contributed by atoms with E-state index in [1.54, 1.807) is 0 Å². The number of rotatable bonds is 4. The number of sulfonamides is 1. The molecular weight excluding hydrogens is 319 g/mol. The quantitative estimate of drug-likeness (QED) is 0.897. The lowest BCUT2D eigenvalue weighted by molar-refractivity contribution is 0.0697. The summed E-state index contributed by atoms with van der Waals surface area (Å²) in [6, 6.07) is 3.24. The number of carbonyl (C=O) groups is 1. The van der Waals surface area contributed by atoms with Gasteiger partial charge in [-0.1, -0.05) is 0 Å². The number of halogens is 1. The zero-order chi connectivity index (χ0) is 15.8. The minimum absolute atomic E-state index is 0.0799. The molecule has 0 aliphatic heterocycles. The second kappa shape index (κ2) is 5.41. The molecule has 9 heteroatoms. The van der Waals surface area contributed by atoms with Crippen LogP contribution in [0.2, 0.25) is 0 Å². The van der Waals surface area contributed by atoms with Crippen LogP contribution in [-0.2, 0) is 10.0 Å². The number of nitrogens with one attached hydrogen (secondary N) is 1. The Balaban J connectivity index is 2.45. The van der Waals surface area contributed by atoms with Crippen LogP contribution in [0.4, 0.5) is 9.39 Å². The maximum Gasteiger partial charge on any atom is 0.340 e. The molecule has 112 valence electrons. The molecule has 2 rings (SSSR count). The van der Waals surface area contributed by atoms with Gasteiger partial charge in [0.2, 0.25) is 0 Å². The third kappa shape index (κ3) is 3.03. The maximum absolute atomic E-state index is 13.0. The first kappa shape index (κ1) is 15.4. The Kier molecular flexibility index (Phi) is 3.97. The van der Waals surface area contributed by atoms with Crippen molar-refractivity contribution in [3.8, 4) is 0 Å². The van der Waals surface area contributed by atoms with E-state index in [9.17, 15) is 17.6 Å². The van der Waals surface area contributed by atoms with Crippen molar-refractivity contribution in [2.45, 2.75) is 18.7 Å². The Morgan fingerprint density at radius 2 is 2.05 bits per heavy atom. The van der Waals surface area contributed by atoms with Gasteiger partial charge in [0, 0.05) is 0 Å². The Morgan fingerprint density at radius 3 is 2.62 bits per heavy atom. The summed E-state index contributed by atoms with van der Waals surface area (Å²) in [5.74, 6) is -1.82. The molecule has 0 atom stereocenters. The van der Waals surface area contributed by atoms with Gasteiger partial charge in [-0.15, -0.1) is 0 Å². The molecule has 1 aromatic carbocycles. The van der Waals surface area contributed by atoms with Gasteiger partial charge in [0.05, 0.1) is 10.6 Å². The topological polar surface area (TPSA) is 96.4 Å². The van der Waals surface area contributed by atoms with Crippen molar-refractivity contribution >= 4 is 32.5 Å². The standard InChI is InChI=1S/C12H11FN2O4S2/c1-6-5-8(13)3-4-9(6)21(18,19)15-11-10(12(16)17)7(2)14-20-11/h3-5,15H,1-2H3,(H,16,17). The second-order valence-corrected chi connectivity index (χ2v) is 6.72. The third-order valence-electron chi connectivity index (χ3n) is 2.73. The number of anilines is 1. The number of carboxylic acids is 1. The van der Waals surface area contributed by atoms with Gasteiger partial charge in [0.1, 0.15) is 16.4 Å². The highest BCUT2D eigenvalue weighted by atomic mass is 32.2. The maximum atomic E-state index is 13.0. The van der Waals surface area contributed by atoms with E-state index in [1.165, 1.54) is 13.8 Å². The summed E-state index contributed by atoms with van der Waals surface area (Å²) in [4.78, 5) is 11.0. The molecule has 0 bridgehead atoms. The van der Waals surface area contributed by atoms with Crippen molar-refractivity contribution in [2.75, 3.05) is 4.72 Å². The molecule has 0 aliphatic rings. The number of aryl methyl sites for hydroxylation is 2. The number of hydrogen-bond donors (Lipinski definition) is 2. The molecule has 0 saturated heterocycles. The number of aromatic carboxylic acids is 1. The lowest BCUT2D eigenvalue weighted by atomic mass is 10.2. The lowest BCUT2D eigenvalue weighted by Gasteiger charge is -2.09.